The molecule has 0 aromatic rings. The van der Waals surface area contributed by atoms with Crippen molar-refractivity contribution in [3.63, 3.8) is 0 Å². The normalized spacial score (nSPS) is 12.6. The van der Waals surface area contributed by atoms with Crippen molar-refractivity contribution in [2.75, 3.05) is 32.8 Å². The maximum atomic E-state index is 12.8. The highest BCUT2D eigenvalue weighted by atomic mass is 16.5. The van der Waals surface area contributed by atoms with Crippen molar-refractivity contribution in [2.24, 2.45) is 11.8 Å². The van der Waals surface area contributed by atoms with Crippen molar-refractivity contribution < 1.29 is 28.6 Å². The van der Waals surface area contributed by atoms with E-state index >= 15 is 0 Å². The topological polar surface area (TPSA) is 82.1 Å². The van der Waals surface area contributed by atoms with E-state index in [2.05, 4.69) is 63.3 Å². The molecule has 3 unspecified atom stereocenters. The molecule has 7 heteroatoms. The first kappa shape index (κ1) is 52.5. The lowest BCUT2D eigenvalue weighted by atomic mass is 9.98. The number of allylic oxidation sites excluding steroid dienone is 1. The molecule has 0 amide bonds. The summed E-state index contributed by atoms with van der Waals surface area (Å²) in [6, 6.07) is 0. The first-order valence-electron chi connectivity index (χ1n) is 22.9. The van der Waals surface area contributed by atoms with Crippen LogP contribution in [-0.2, 0) is 28.6 Å². The van der Waals surface area contributed by atoms with Crippen LogP contribution in [0.4, 0.5) is 0 Å². The highest BCUT2D eigenvalue weighted by Crippen LogP contribution is 2.19. The summed E-state index contributed by atoms with van der Waals surface area (Å²) >= 11 is 0. The maximum absolute atomic E-state index is 12.8. The Morgan fingerprint density at radius 3 is 1.65 bits per heavy atom. The van der Waals surface area contributed by atoms with Gasteiger partial charge in [0.15, 0.2) is 0 Å². The fourth-order valence-electron chi connectivity index (χ4n) is 6.96. The summed E-state index contributed by atoms with van der Waals surface area (Å²) in [7, 11) is 0. The Morgan fingerprint density at radius 2 is 1.11 bits per heavy atom. The van der Waals surface area contributed by atoms with Gasteiger partial charge in [-0.3, -0.25) is 14.4 Å². The Balaban J connectivity index is 4.41. The van der Waals surface area contributed by atoms with Crippen LogP contribution in [0.2, 0.25) is 0 Å². The van der Waals surface area contributed by atoms with Crippen LogP contribution in [0.3, 0.4) is 0 Å². The summed E-state index contributed by atoms with van der Waals surface area (Å²) in [5.41, 5.74) is 8.25. The molecule has 318 valence electrons. The standard InChI is InChI=1S/C48H85NO6/c1-7-12-23-32-43(6)41-47(51)53-39-30-21-17-15-19-26-35-45(55-46(50)37-28-29-38-49(10-4)11-5)36-27-20-16-18-22-31-40-54-48(52)42-44(33-24-13-8-2)34-25-14-9-3/h33,43-45H,2,7,9-12,14-23,25-32,34-42H2,1,3-6H3. The molecule has 0 saturated heterocycles. The van der Waals surface area contributed by atoms with E-state index in [9.17, 15) is 14.4 Å². The molecule has 0 radical (unpaired) electrons. The van der Waals surface area contributed by atoms with Gasteiger partial charge >= 0.3 is 17.9 Å². The Kier molecular flexibility index (Phi) is 37.8. The fourth-order valence-corrected chi connectivity index (χ4v) is 6.96. The van der Waals surface area contributed by atoms with E-state index in [-0.39, 0.29) is 29.9 Å². The van der Waals surface area contributed by atoms with E-state index in [1.807, 2.05) is 6.08 Å². The van der Waals surface area contributed by atoms with E-state index in [0.29, 0.717) is 38.4 Å². The van der Waals surface area contributed by atoms with Gasteiger partial charge in [-0.05, 0) is 108 Å². The van der Waals surface area contributed by atoms with E-state index in [1.165, 1.54) is 19.3 Å². The van der Waals surface area contributed by atoms with E-state index in [0.717, 1.165) is 154 Å². The molecule has 0 aromatic carbocycles. The molecule has 0 aliphatic heterocycles. The van der Waals surface area contributed by atoms with Crippen LogP contribution < -0.4 is 0 Å². The number of esters is 3. The predicted octanol–water partition coefficient (Wildman–Crippen LogP) is 12.8. The first-order chi connectivity index (χ1) is 26.8. The second-order valence-corrected chi connectivity index (χ2v) is 15.7. The smallest absolute Gasteiger partial charge is 0.306 e. The van der Waals surface area contributed by atoms with Gasteiger partial charge in [0.1, 0.15) is 6.10 Å². The SMILES string of the molecule is C=C=C=C=CC(CCCCC)CC(=O)OCCCCCCCCC(CCCCCCCCOC(=O)CC(C)CCCCC)OC(=O)CCCCN(CC)CC. The van der Waals surface area contributed by atoms with E-state index in [4.69, 9.17) is 14.2 Å². The van der Waals surface area contributed by atoms with Gasteiger partial charge < -0.3 is 19.1 Å². The first-order valence-corrected chi connectivity index (χ1v) is 22.9. The van der Waals surface area contributed by atoms with Gasteiger partial charge in [0.2, 0.25) is 0 Å². The van der Waals surface area contributed by atoms with Crippen LogP contribution in [0, 0.1) is 11.8 Å². The van der Waals surface area contributed by atoms with Crippen molar-refractivity contribution in [3.8, 4) is 0 Å². The molecule has 3 atom stereocenters. The van der Waals surface area contributed by atoms with Crippen LogP contribution in [0.15, 0.2) is 29.8 Å². The number of carbonyl (C=O) groups is 3. The molecule has 7 nitrogen and oxygen atoms in total. The molecule has 0 spiro atoms. The molecule has 0 bridgehead atoms. The van der Waals surface area contributed by atoms with Gasteiger partial charge in [0.25, 0.3) is 0 Å². The number of nitrogens with zero attached hydrogens (tertiary/aromatic N) is 1. The van der Waals surface area contributed by atoms with Crippen molar-refractivity contribution in [2.45, 2.75) is 214 Å². The molecule has 0 rings (SSSR count). The highest BCUT2D eigenvalue weighted by Gasteiger charge is 2.15. The molecular formula is C48H85NO6. The van der Waals surface area contributed by atoms with Crippen LogP contribution in [-0.4, -0.2) is 61.8 Å². The predicted molar refractivity (Wildman–Crippen MR) is 229 cm³/mol. The molecule has 0 aromatic heterocycles. The third kappa shape index (κ3) is 35.6. The second-order valence-electron chi connectivity index (χ2n) is 15.7. The third-order valence-corrected chi connectivity index (χ3v) is 10.6. The summed E-state index contributed by atoms with van der Waals surface area (Å²) < 4.78 is 17.1. The molecule has 0 saturated carbocycles. The average Bonchev–Trinajstić information content (AvgIpc) is 3.16. The molecule has 0 N–H and O–H groups in total. The lowest BCUT2D eigenvalue weighted by molar-refractivity contribution is -0.150. The van der Waals surface area contributed by atoms with Crippen molar-refractivity contribution in [1.29, 1.82) is 0 Å². The highest BCUT2D eigenvalue weighted by molar-refractivity contribution is 5.70. The minimum absolute atomic E-state index is 0.00222. The Bertz CT molecular complexity index is 1050. The molecular weight excluding hydrogens is 687 g/mol. The van der Waals surface area contributed by atoms with Crippen LogP contribution in [0.25, 0.3) is 0 Å². The van der Waals surface area contributed by atoms with Crippen LogP contribution in [0.1, 0.15) is 208 Å². The van der Waals surface area contributed by atoms with Crippen molar-refractivity contribution >= 4 is 17.9 Å². The lowest BCUT2D eigenvalue weighted by Gasteiger charge is -2.19. The zero-order chi connectivity index (χ0) is 40.6. The molecule has 0 fully saturated rings. The largest absolute Gasteiger partial charge is 0.466 e. The number of rotatable bonds is 39. The van der Waals surface area contributed by atoms with Gasteiger partial charge in [0.05, 0.1) is 19.6 Å². The Hall–Kier alpha value is -2.55. The zero-order valence-electron chi connectivity index (χ0n) is 36.5. The van der Waals surface area contributed by atoms with Crippen LogP contribution in [0.5, 0.6) is 0 Å². The monoisotopic (exact) mass is 772 g/mol. The number of carbonyl (C=O) groups excluding carboxylic acids is 3. The minimum atomic E-state index is -0.136. The summed E-state index contributed by atoms with van der Waals surface area (Å²) in [6.07, 6.45) is 29.1. The average molecular weight is 772 g/mol. The minimum Gasteiger partial charge on any atom is -0.466 e. The lowest BCUT2D eigenvalue weighted by Crippen LogP contribution is -2.24. The summed E-state index contributed by atoms with van der Waals surface area (Å²) in [6.45, 7) is 18.6. The van der Waals surface area contributed by atoms with Crippen molar-refractivity contribution in [1.82, 2.24) is 4.90 Å². The number of hydrogen-bond donors (Lipinski definition) is 0. The zero-order valence-corrected chi connectivity index (χ0v) is 36.5. The molecule has 0 heterocycles. The third-order valence-electron chi connectivity index (χ3n) is 10.6. The fraction of sp³-hybridized carbons (Fsp3) is 0.833. The maximum Gasteiger partial charge on any atom is 0.306 e. The van der Waals surface area contributed by atoms with Gasteiger partial charge in [0, 0.05) is 12.8 Å². The van der Waals surface area contributed by atoms with E-state index < -0.39 is 0 Å². The molecule has 0 aliphatic rings. The second kappa shape index (κ2) is 39.7. The number of unbranched alkanes of at least 4 members (excludes halogenated alkanes) is 15. The van der Waals surface area contributed by atoms with Gasteiger partial charge in [-0.1, -0.05) is 142 Å². The number of hydrogen-bond acceptors (Lipinski definition) is 7. The van der Waals surface area contributed by atoms with Crippen molar-refractivity contribution in [3.05, 3.63) is 29.8 Å². The van der Waals surface area contributed by atoms with Gasteiger partial charge in [-0.25, -0.2) is 0 Å². The Labute approximate surface area is 339 Å². The molecule has 55 heavy (non-hydrogen) atoms. The van der Waals surface area contributed by atoms with E-state index in [1.54, 1.807) is 0 Å². The summed E-state index contributed by atoms with van der Waals surface area (Å²) in [4.78, 5) is 39.7. The van der Waals surface area contributed by atoms with Gasteiger partial charge in [-0.15, -0.1) is 0 Å². The molecule has 0 aliphatic carbocycles. The summed E-state index contributed by atoms with van der Waals surface area (Å²) in [5.74, 6) is 0.299. The quantitative estimate of drug-likeness (QED) is 0.0266. The Morgan fingerprint density at radius 1 is 0.600 bits per heavy atom. The number of ether oxygens (including phenoxy) is 3. The van der Waals surface area contributed by atoms with Gasteiger partial charge in [-0.2, -0.15) is 0 Å². The summed E-state index contributed by atoms with van der Waals surface area (Å²) in [5, 5.41) is 0. The van der Waals surface area contributed by atoms with Crippen LogP contribution >= 0.6 is 0 Å².